The molecule has 0 spiro atoms. The highest BCUT2D eigenvalue weighted by atomic mass is 35.5. The monoisotopic (exact) mass is 323 g/mol. The van der Waals surface area contributed by atoms with Gasteiger partial charge in [-0.1, -0.05) is 11.6 Å². The van der Waals surface area contributed by atoms with Crippen LogP contribution in [0.15, 0.2) is 41.4 Å². The van der Waals surface area contributed by atoms with Gasteiger partial charge in [0.2, 0.25) is 0 Å². The Morgan fingerprint density at radius 3 is 2.67 bits per heavy atom. The van der Waals surface area contributed by atoms with Gasteiger partial charge < -0.3 is 4.74 Å². The first-order chi connectivity index (χ1) is 9.96. The van der Waals surface area contributed by atoms with Crippen LogP contribution in [0.2, 0.25) is 5.02 Å². The minimum absolute atomic E-state index is 0.0691. The van der Waals surface area contributed by atoms with Crippen molar-refractivity contribution in [1.82, 2.24) is 4.98 Å². The zero-order chi connectivity index (χ0) is 15.5. The van der Waals surface area contributed by atoms with E-state index in [-0.39, 0.29) is 21.3 Å². The van der Waals surface area contributed by atoms with Gasteiger partial charge in [0.1, 0.15) is 22.4 Å². The Bertz CT molecular complexity index is 798. The van der Waals surface area contributed by atoms with E-state index in [1.54, 1.807) is 6.07 Å². The quantitative estimate of drug-likeness (QED) is 0.932. The Labute approximate surface area is 127 Å². The summed E-state index contributed by atoms with van der Waals surface area (Å²) in [5, 5.41) is 8.89. The maximum Gasteiger partial charge on any atom is 0.263 e. The number of anilines is 1. The van der Waals surface area contributed by atoms with Crippen LogP contribution in [-0.4, -0.2) is 20.5 Å². The molecule has 0 saturated heterocycles. The number of rotatable bonds is 4. The lowest BCUT2D eigenvalue weighted by Gasteiger charge is -2.10. The van der Waals surface area contributed by atoms with Crippen LogP contribution >= 0.6 is 11.6 Å². The highest BCUT2D eigenvalue weighted by Gasteiger charge is 2.16. The number of pyridine rings is 1. The lowest BCUT2D eigenvalue weighted by atomic mass is 10.3. The predicted molar refractivity (Wildman–Crippen MR) is 77.8 cm³/mol. The van der Waals surface area contributed by atoms with E-state index >= 15 is 0 Å². The molecular formula is C13H10ClN3O3S. The maximum atomic E-state index is 12.2. The average molecular weight is 324 g/mol. The van der Waals surface area contributed by atoms with Crippen molar-refractivity contribution in [3.63, 3.8) is 0 Å². The second-order valence-electron chi connectivity index (χ2n) is 3.94. The maximum absolute atomic E-state index is 12.2. The fourth-order valence-corrected chi connectivity index (χ4v) is 2.75. The molecule has 1 aromatic carbocycles. The Hall–Kier alpha value is -2.30. The molecule has 1 heterocycles. The minimum Gasteiger partial charge on any atom is -0.497 e. The third-order valence-electron chi connectivity index (χ3n) is 2.58. The molecule has 1 aromatic heterocycles. The van der Waals surface area contributed by atoms with Gasteiger partial charge in [-0.25, -0.2) is 13.4 Å². The number of hydrogen-bond acceptors (Lipinski definition) is 5. The first-order valence-corrected chi connectivity index (χ1v) is 7.55. The third kappa shape index (κ3) is 3.42. The first-order valence-electron chi connectivity index (χ1n) is 5.69. The number of nitrogens with one attached hydrogen (secondary N) is 1. The van der Waals surface area contributed by atoms with Gasteiger partial charge in [0.25, 0.3) is 10.0 Å². The van der Waals surface area contributed by atoms with Gasteiger partial charge in [0.05, 0.1) is 17.8 Å². The van der Waals surface area contributed by atoms with Crippen LogP contribution in [0.25, 0.3) is 0 Å². The number of hydrogen-bond donors (Lipinski definition) is 1. The Kier molecular flexibility index (Phi) is 4.31. The van der Waals surface area contributed by atoms with Crippen molar-refractivity contribution < 1.29 is 13.2 Å². The lowest BCUT2D eigenvalue weighted by molar-refractivity contribution is 0.415. The zero-order valence-electron chi connectivity index (χ0n) is 10.9. The van der Waals surface area contributed by atoms with Gasteiger partial charge in [-0.05, 0) is 24.3 Å². The number of halogens is 1. The van der Waals surface area contributed by atoms with Crippen LogP contribution in [0.3, 0.4) is 0 Å². The van der Waals surface area contributed by atoms with Crippen molar-refractivity contribution in [2.24, 2.45) is 0 Å². The fraction of sp³-hybridized carbons (Fsp3) is 0.0769. The predicted octanol–water partition coefficient (Wildman–Crippen LogP) is 2.42. The molecular weight excluding hydrogens is 314 g/mol. The molecule has 0 amide bonds. The van der Waals surface area contributed by atoms with Crippen molar-refractivity contribution in [1.29, 1.82) is 5.26 Å². The average Bonchev–Trinajstić information content (AvgIpc) is 2.49. The van der Waals surface area contributed by atoms with E-state index in [9.17, 15) is 8.42 Å². The minimum atomic E-state index is -3.85. The van der Waals surface area contributed by atoms with Gasteiger partial charge in [-0.3, -0.25) is 4.72 Å². The molecule has 0 saturated carbocycles. The summed E-state index contributed by atoms with van der Waals surface area (Å²) in [5.74, 6) is 0.468. The van der Waals surface area contributed by atoms with Crippen LogP contribution < -0.4 is 9.46 Å². The summed E-state index contributed by atoms with van der Waals surface area (Å²) in [6, 6.07) is 9.04. The zero-order valence-corrected chi connectivity index (χ0v) is 12.4. The number of benzene rings is 1. The van der Waals surface area contributed by atoms with Crippen LogP contribution in [0.5, 0.6) is 5.75 Å². The second kappa shape index (κ2) is 5.99. The smallest absolute Gasteiger partial charge is 0.263 e. The summed E-state index contributed by atoms with van der Waals surface area (Å²) < 4.78 is 31.8. The summed E-state index contributed by atoms with van der Waals surface area (Å²) in [6.07, 6.45) is 1.11. The fourth-order valence-electron chi connectivity index (χ4n) is 1.52. The van der Waals surface area contributed by atoms with E-state index < -0.39 is 10.0 Å². The molecule has 0 aliphatic rings. The van der Waals surface area contributed by atoms with Crippen molar-refractivity contribution in [3.8, 4) is 11.8 Å². The van der Waals surface area contributed by atoms with Crippen molar-refractivity contribution >= 4 is 27.3 Å². The number of ether oxygens (including phenoxy) is 1. The Morgan fingerprint density at radius 2 is 2.10 bits per heavy atom. The number of nitrogens with zero attached hydrogens (tertiary/aromatic N) is 2. The molecule has 1 N–H and O–H groups in total. The van der Waals surface area contributed by atoms with Gasteiger partial charge in [-0.15, -0.1) is 0 Å². The molecule has 6 nitrogen and oxygen atoms in total. The van der Waals surface area contributed by atoms with E-state index in [1.807, 2.05) is 6.07 Å². The summed E-state index contributed by atoms with van der Waals surface area (Å²) in [5.41, 5.74) is 0.328. The molecule has 0 bridgehead atoms. The Morgan fingerprint density at radius 1 is 1.33 bits per heavy atom. The molecule has 21 heavy (non-hydrogen) atoms. The molecule has 108 valence electrons. The number of sulfonamides is 1. The Balaban J connectivity index is 2.35. The summed E-state index contributed by atoms with van der Waals surface area (Å²) in [7, 11) is -2.38. The topological polar surface area (TPSA) is 92.1 Å². The summed E-state index contributed by atoms with van der Waals surface area (Å²) in [4.78, 5) is 3.65. The standard InChI is InChI=1S/C13H10ClN3O3S/c1-20-10-3-5-12(14)13(6-10)17-21(18,19)11-4-2-9(7-15)16-8-11/h2-6,8,17H,1H3. The van der Waals surface area contributed by atoms with Crippen LogP contribution in [0.1, 0.15) is 5.69 Å². The highest BCUT2D eigenvalue weighted by molar-refractivity contribution is 7.92. The van der Waals surface area contributed by atoms with Crippen molar-refractivity contribution in [3.05, 3.63) is 47.2 Å². The molecule has 0 atom stereocenters. The van der Waals surface area contributed by atoms with Crippen LogP contribution in [0.4, 0.5) is 5.69 Å². The lowest BCUT2D eigenvalue weighted by Crippen LogP contribution is -2.13. The van der Waals surface area contributed by atoms with Gasteiger partial charge in [-0.2, -0.15) is 5.26 Å². The molecule has 0 unspecified atom stereocenters. The molecule has 0 aliphatic heterocycles. The molecule has 2 aromatic rings. The number of nitriles is 1. The molecule has 2 rings (SSSR count). The second-order valence-corrected chi connectivity index (χ2v) is 6.03. The largest absolute Gasteiger partial charge is 0.497 e. The van der Waals surface area contributed by atoms with E-state index in [2.05, 4.69) is 9.71 Å². The number of aromatic nitrogens is 1. The first kappa shape index (κ1) is 15.1. The summed E-state index contributed by atoms with van der Waals surface area (Å²) in [6.45, 7) is 0. The van der Waals surface area contributed by atoms with Crippen LogP contribution in [-0.2, 0) is 10.0 Å². The van der Waals surface area contributed by atoms with Crippen molar-refractivity contribution in [2.45, 2.75) is 4.90 Å². The van der Waals surface area contributed by atoms with Gasteiger partial charge >= 0.3 is 0 Å². The van der Waals surface area contributed by atoms with E-state index in [0.717, 1.165) is 6.20 Å². The van der Waals surface area contributed by atoms with E-state index in [0.29, 0.717) is 5.75 Å². The van der Waals surface area contributed by atoms with Gasteiger partial charge in [0, 0.05) is 12.3 Å². The SMILES string of the molecule is COc1ccc(Cl)c(NS(=O)(=O)c2ccc(C#N)nc2)c1. The molecule has 0 radical (unpaired) electrons. The normalized spacial score (nSPS) is 10.7. The van der Waals surface area contributed by atoms with Crippen LogP contribution in [0, 0.1) is 11.3 Å². The van der Waals surface area contributed by atoms with Gasteiger partial charge in [0.15, 0.2) is 0 Å². The summed E-state index contributed by atoms with van der Waals surface area (Å²) >= 11 is 5.95. The third-order valence-corrected chi connectivity index (χ3v) is 4.26. The highest BCUT2D eigenvalue weighted by Crippen LogP contribution is 2.28. The molecule has 0 fully saturated rings. The van der Waals surface area contributed by atoms with E-state index in [1.165, 1.54) is 31.4 Å². The van der Waals surface area contributed by atoms with E-state index in [4.69, 9.17) is 21.6 Å². The molecule has 0 aliphatic carbocycles. The number of methoxy groups -OCH3 is 1. The van der Waals surface area contributed by atoms with Crippen molar-refractivity contribution in [2.75, 3.05) is 11.8 Å². The molecule has 8 heteroatoms.